The molecule has 0 amide bonds. The Balaban J connectivity index is 1.87. The Morgan fingerprint density at radius 3 is 2.48 bits per heavy atom. The molecule has 21 heavy (non-hydrogen) atoms. The second-order valence-electron chi connectivity index (χ2n) is 4.98. The summed E-state index contributed by atoms with van der Waals surface area (Å²) in [5.41, 5.74) is 2.75. The highest BCUT2D eigenvalue weighted by atomic mass is 16.5. The fourth-order valence-corrected chi connectivity index (χ4v) is 2.43. The van der Waals surface area contributed by atoms with Gasteiger partial charge in [0, 0.05) is 23.6 Å². The van der Waals surface area contributed by atoms with Gasteiger partial charge in [0.05, 0.1) is 7.11 Å². The second kappa shape index (κ2) is 5.64. The predicted octanol–water partition coefficient (Wildman–Crippen LogP) is 1.38. The van der Waals surface area contributed by atoms with Crippen LogP contribution in [0.2, 0.25) is 0 Å². The molecule has 0 unspecified atom stereocenters. The molecule has 3 aromatic rings. The van der Waals surface area contributed by atoms with Gasteiger partial charge >= 0.3 is 7.12 Å². The van der Waals surface area contributed by atoms with E-state index in [0.29, 0.717) is 5.46 Å². The Morgan fingerprint density at radius 1 is 1.05 bits per heavy atom. The maximum Gasteiger partial charge on any atom is 0.488 e. The van der Waals surface area contributed by atoms with Crippen LogP contribution >= 0.6 is 0 Å². The lowest BCUT2D eigenvalue weighted by atomic mass is 9.80. The van der Waals surface area contributed by atoms with E-state index in [1.54, 1.807) is 19.2 Å². The third-order valence-corrected chi connectivity index (χ3v) is 3.61. The number of rotatable bonds is 4. The number of ether oxygens (including phenoxy) is 1. The van der Waals surface area contributed by atoms with E-state index >= 15 is 0 Å². The summed E-state index contributed by atoms with van der Waals surface area (Å²) in [6.07, 6.45) is 2.04. The third kappa shape index (κ3) is 2.79. The van der Waals surface area contributed by atoms with Crippen molar-refractivity contribution in [2.75, 3.05) is 7.11 Å². The van der Waals surface area contributed by atoms with Crippen LogP contribution in [-0.4, -0.2) is 28.8 Å². The first kappa shape index (κ1) is 13.7. The molecule has 1 aromatic heterocycles. The molecule has 1 heterocycles. The molecule has 0 saturated carbocycles. The Labute approximate surface area is 123 Å². The first-order chi connectivity index (χ1) is 10.2. The van der Waals surface area contributed by atoms with Crippen molar-refractivity contribution in [3.8, 4) is 5.75 Å². The van der Waals surface area contributed by atoms with Crippen molar-refractivity contribution >= 4 is 23.5 Å². The van der Waals surface area contributed by atoms with Gasteiger partial charge in [0.15, 0.2) is 0 Å². The highest BCUT2D eigenvalue weighted by Crippen LogP contribution is 2.22. The highest BCUT2D eigenvalue weighted by Gasteiger charge is 2.10. The Hall–Kier alpha value is -2.24. The number of hydrogen-bond acceptors (Lipinski definition) is 3. The molecule has 0 aliphatic rings. The summed E-state index contributed by atoms with van der Waals surface area (Å²) in [6, 6.07) is 15.3. The van der Waals surface area contributed by atoms with E-state index in [-0.39, 0.29) is 0 Å². The van der Waals surface area contributed by atoms with E-state index in [2.05, 4.69) is 10.6 Å². The SMILES string of the molecule is COc1ccc2c(ccn2Cc2ccc(B(O)O)cc2)c1. The molecular weight excluding hydrogens is 265 g/mol. The van der Waals surface area contributed by atoms with Crippen LogP contribution in [0.5, 0.6) is 5.75 Å². The molecule has 106 valence electrons. The van der Waals surface area contributed by atoms with E-state index in [0.717, 1.165) is 28.8 Å². The van der Waals surface area contributed by atoms with Gasteiger partial charge < -0.3 is 19.4 Å². The van der Waals surface area contributed by atoms with E-state index < -0.39 is 7.12 Å². The molecule has 0 bridgehead atoms. The van der Waals surface area contributed by atoms with Crippen LogP contribution < -0.4 is 10.2 Å². The van der Waals surface area contributed by atoms with E-state index in [4.69, 9.17) is 14.8 Å². The topological polar surface area (TPSA) is 54.6 Å². The minimum atomic E-state index is -1.42. The monoisotopic (exact) mass is 281 g/mol. The first-order valence-corrected chi connectivity index (χ1v) is 6.75. The lowest BCUT2D eigenvalue weighted by molar-refractivity contribution is 0.415. The quantitative estimate of drug-likeness (QED) is 0.710. The zero-order valence-electron chi connectivity index (χ0n) is 11.7. The number of nitrogens with zero attached hydrogens (tertiary/aromatic N) is 1. The summed E-state index contributed by atoms with van der Waals surface area (Å²) in [5.74, 6) is 0.849. The lowest BCUT2D eigenvalue weighted by Gasteiger charge is -2.07. The van der Waals surface area contributed by atoms with Crippen molar-refractivity contribution in [1.29, 1.82) is 0 Å². The summed E-state index contributed by atoms with van der Waals surface area (Å²) in [6.45, 7) is 0.734. The van der Waals surface area contributed by atoms with Crippen LogP contribution in [-0.2, 0) is 6.54 Å². The van der Waals surface area contributed by atoms with Gasteiger partial charge in [-0.1, -0.05) is 24.3 Å². The number of aromatic nitrogens is 1. The zero-order valence-corrected chi connectivity index (χ0v) is 11.7. The van der Waals surface area contributed by atoms with E-state index in [9.17, 15) is 0 Å². The van der Waals surface area contributed by atoms with Gasteiger partial charge in [-0.25, -0.2) is 0 Å². The Kier molecular flexibility index (Phi) is 3.69. The fraction of sp³-hybridized carbons (Fsp3) is 0.125. The molecule has 4 nitrogen and oxygen atoms in total. The molecule has 0 radical (unpaired) electrons. The summed E-state index contributed by atoms with van der Waals surface area (Å²) < 4.78 is 7.38. The minimum Gasteiger partial charge on any atom is -0.497 e. The number of fused-ring (bicyclic) bond motifs is 1. The fourth-order valence-electron chi connectivity index (χ4n) is 2.43. The number of methoxy groups -OCH3 is 1. The predicted molar refractivity (Wildman–Crippen MR) is 83.9 cm³/mol. The van der Waals surface area contributed by atoms with Gasteiger partial charge in [0.1, 0.15) is 5.75 Å². The van der Waals surface area contributed by atoms with Crippen molar-refractivity contribution in [1.82, 2.24) is 4.57 Å². The van der Waals surface area contributed by atoms with Crippen molar-refractivity contribution < 1.29 is 14.8 Å². The molecule has 0 aliphatic carbocycles. The van der Waals surface area contributed by atoms with Crippen molar-refractivity contribution in [2.24, 2.45) is 0 Å². The molecule has 0 saturated heterocycles. The van der Waals surface area contributed by atoms with Gasteiger partial charge in [-0.2, -0.15) is 0 Å². The standard InChI is InChI=1S/C16H16BNO3/c1-21-15-6-7-16-13(10-15)8-9-18(16)11-12-2-4-14(5-3-12)17(19)20/h2-10,19-20H,11H2,1H3. The molecule has 0 aliphatic heterocycles. The van der Waals surface area contributed by atoms with Gasteiger partial charge in [-0.15, -0.1) is 0 Å². The van der Waals surface area contributed by atoms with Crippen molar-refractivity contribution in [3.63, 3.8) is 0 Å². The minimum absolute atomic E-state index is 0.501. The highest BCUT2D eigenvalue weighted by molar-refractivity contribution is 6.58. The molecule has 0 atom stereocenters. The average Bonchev–Trinajstić information content (AvgIpc) is 2.90. The number of benzene rings is 2. The van der Waals surface area contributed by atoms with Crippen molar-refractivity contribution in [3.05, 3.63) is 60.3 Å². The van der Waals surface area contributed by atoms with Crippen LogP contribution in [0.15, 0.2) is 54.7 Å². The average molecular weight is 281 g/mol. The zero-order chi connectivity index (χ0) is 14.8. The van der Waals surface area contributed by atoms with Crippen LogP contribution in [0.4, 0.5) is 0 Å². The summed E-state index contributed by atoms with van der Waals surface area (Å²) in [5, 5.41) is 19.3. The van der Waals surface area contributed by atoms with Crippen LogP contribution in [0.3, 0.4) is 0 Å². The first-order valence-electron chi connectivity index (χ1n) is 6.75. The largest absolute Gasteiger partial charge is 0.497 e. The molecule has 0 spiro atoms. The smallest absolute Gasteiger partial charge is 0.488 e. The molecule has 3 rings (SSSR count). The van der Waals surface area contributed by atoms with E-state index in [1.807, 2.05) is 36.5 Å². The lowest BCUT2D eigenvalue weighted by Crippen LogP contribution is -2.29. The summed E-state index contributed by atoms with van der Waals surface area (Å²) >= 11 is 0. The van der Waals surface area contributed by atoms with Crippen LogP contribution in [0.25, 0.3) is 10.9 Å². The molecule has 5 heteroatoms. The Morgan fingerprint density at radius 2 is 1.81 bits per heavy atom. The maximum absolute atomic E-state index is 9.10. The number of hydrogen-bond donors (Lipinski definition) is 2. The molecule has 0 fully saturated rings. The third-order valence-electron chi connectivity index (χ3n) is 3.61. The summed E-state index contributed by atoms with van der Waals surface area (Å²) in [4.78, 5) is 0. The van der Waals surface area contributed by atoms with Gasteiger partial charge in [-0.05, 0) is 35.3 Å². The van der Waals surface area contributed by atoms with Gasteiger partial charge in [0.25, 0.3) is 0 Å². The Bertz CT molecular complexity index is 750. The second-order valence-corrected chi connectivity index (χ2v) is 4.98. The molecule has 2 N–H and O–H groups in total. The molecular formula is C16H16BNO3. The van der Waals surface area contributed by atoms with E-state index in [1.165, 1.54) is 0 Å². The normalized spacial score (nSPS) is 10.8. The van der Waals surface area contributed by atoms with Crippen LogP contribution in [0, 0.1) is 0 Å². The maximum atomic E-state index is 9.10. The van der Waals surface area contributed by atoms with Crippen LogP contribution in [0.1, 0.15) is 5.56 Å². The van der Waals surface area contributed by atoms with Gasteiger partial charge in [-0.3, -0.25) is 0 Å². The molecule has 2 aromatic carbocycles. The summed E-state index contributed by atoms with van der Waals surface area (Å²) in [7, 11) is 0.244. The van der Waals surface area contributed by atoms with Gasteiger partial charge in [0.2, 0.25) is 0 Å². The van der Waals surface area contributed by atoms with Crippen molar-refractivity contribution in [2.45, 2.75) is 6.54 Å².